The second-order valence-electron chi connectivity index (χ2n) is 4.57. The molecular formula is C15H23NO2. The molecule has 100 valence electrons. The number of hydrogen-bond donors (Lipinski definition) is 1. The van der Waals surface area contributed by atoms with Gasteiger partial charge in [-0.25, -0.2) is 0 Å². The number of benzene rings is 1. The molecule has 0 radical (unpaired) electrons. The van der Waals surface area contributed by atoms with E-state index < -0.39 is 0 Å². The highest BCUT2D eigenvalue weighted by atomic mass is 16.5. The van der Waals surface area contributed by atoms with Gasteiger partial charge in [-0.05, 0) is 38.3 Å². The van der Waals surface area contributed by atoms with Crippen LogP contribution in [0.3, 0.4) is 0 Å². The molecule has 0 saturated carbocycles. The van der Waals surface area contributed by atoms with Crippen molar-refractivity contribution in [2.75, 3.05) is 13.2 Å². The van der Waals surface area contributed by atoms with Gasteiger partial charge in [-0.2, -0.15) is 0 Å². The van der Waals surface area contributed by atoms with Crippen molar-refractivity contribution in [3.63, 3.8) is 0 Å². The normalized spacial score (nSPS) is 10.2. The number of carbonyl (C=O) groups excluding carboxylic acids is 1. The molecule has 0 unspecified atom stereocenters. The SMILES string of the molecule is CCCNC(=O)CCCOc1ccc(C)cc1C. The maximum atomic E-state index is 11.4. The van der Waals surface area contributed by atoms with Crippen LogP contribution in [0.5, 0.6) is 5.75 Å². The number of hydrogen-bond acceptors (Lipinski definition) is 2. The summed E-state index contributed by atoms with van der Waals surface area (Å²) in [5.41, 5.74) is 2.38. The third-order valence-electron chi connectivity index (χ3n) is 2.71. The second kappa shape index (κ2) is 7.75. The van der Waals surface area contributed by atoms with Gasteiger partial charge in [0.1, 0.15) is 5.75 Å². The molecule has 0 fully saturated rings. The van der Waals surface area contributed by atoms with Crippen molar-refractivity contribution >= 4 is 5.91 Å². The zero-order valence-corrected chi connectivity index (χ0v) is 11.6. The molecule has 1 rings (SSSR count). The van der Waals surface area contributed by atoms with Gasteiger partial charge in [-0.15, -0.1) is 0 Å². The average Bonchev–Trinajstić information content (AvgIpc) is 2.34. The molecule has 1 amide bonds. The number of ether oxygens (including phenoxy) is 1. The van der Waals surface area contributed by atoms with E-state index in [1.807, 2.05) is 26.0 Å². The van der Waals surface area contributed by atoms with Crippen molar-refractivity contribution in [1.29, 1.82) is 0 Å². The van der Waals surface area contributed by atoms with Gasteiger partial charge in [0, 0.05) is 13.0 Å². The van der Waals surface area contributed by atoms with Crippen LogP contribution in [0.2, 0.25) is 0 Å². The van der Waals surface area contributed by atoms with Gasteiger partial charge in [0.05, 0.1) is 6.61 Å². The molecule has 0 aromatic heterocycles. The lowest BCUT2D eigenvalue weighted by Crippen LogP contribution is -2.24. The van der Waals surface area contributed by atoms with Crippen molar-refractivity contribution < 1.29 is 9.53 Å². The number of nitrogens with one attached hydrogen (secondary N) is 1. The fourth-order valence-electron chi connectivity index (χ4n) is 1.73. The van der Waals surface area contributed by atoms with Crippen molar-refractivity contribution in [1.82, 2.24) is 5.32 Å². The lowest BCUT2D eigenvalue weighted by atomic mass is 10.1. The van der Waals surface area contributed by atoms with E-state index in [2.05, 4.69) is 18.3 Å². The summed E-state index contributed by atoms with van der Waals surface area (Å²) in [6.45, 7) is 7.49. The van der Waals surface area contributed by atoms with Crippen molar-refractivity contribution in [2.24, 2.45) is 0 Å². The first kappa shape index (κ1) is 14.6. The summed E-state index contributed by atoms with van der Waals surface area (Å²) < 4.78 is 5.67. The summed E-state index contributed by atoms with van der Waals surface area (Å²) in [7, 11) is 0. The minimum atomic E-state index is 0.112. The molecule has 1 aromatic rings. The number of rotatable bonds is 7. The van der Waals surface area contributed by atoms with Crippen LogP contribution < -0.4 is 10.1 Å². The van der Waals surface area contributed by atoms with Crippen LogP contribution >= 0.6 is 0 Å². The predicted octanol–water partition coefficient (Wildman–Crippen LogP) is 2.99. The first-order valence-corrected chi connectivity index (χ1v) is 6.60. The fraction of sp³-hybridized carbons (Fsp3) is 0.533. The molecule has 0 aliphatic rings. The van der Waals surface area contributed by atoms with Crippen molar-refractivity contribution in [3.8, 4) is 5.75 Å². The maximum absolute atomic E-state index is 11.4. The van der Waals surface area contributed by atoms with E-state index in [0.717, 1.165) is 30.7 Å². The molecule has 0 spiro atoms. The van der Waals surface area contributed by atoms with E-state index in [9.17, 15) is 4.79 Å². The lowest BCUT2D eigenvalue weighted by molar-refractivity contribution is -0.121. The summed E-state index contributed by atoms with van der Waals surface area (Å²) in [5.74, 6) is 1.02. The van der Waals surface area contributed by atoms with Gasteiger partial charge in [-0.3, -0.25) is 4.79 Å². The Hall–Kier alpha value is -1.51. The van der Waals surface area contributed by atoms with E-state index in [1.165, 1.54) is 5.56 Å². The number of amides is 1. The molecule has 0 aliphatic heterocycles. The minimum absolute atomic E-state index is 0.112. The molecule has 0 aliphatic carbocycles. The molecule has 3 nitrogen and oxygen atoms in total. The third-order valence-corrected chi connectivity index (χ3v) is 2.71. The smallest absolute Gasteiger partial charge is 0.220 e. The Morgan fingerprint density at radius 1 is 1.33 bits per heavy atom. The highest BCUT2D eigenvalue weighted by molar-refractivity contribution is 5.75. The fourth-order valence-corrected chi connectivity index (χ4v) is 1.73. The molecule has 0 heterocycles. The summed E-state index contributed by atoms with van der Waals surface area (Å²) >= 11 is 0. The Kier molecular flexibility index (Phi) is 6.26. The number of carbonyl (C=O) groups is 1. The topological polar surface area (TPSA) is 38.3 Å². The van der Waals surface area contributed by atoms with Crippen LogP contribution in [-0.2, 0) is 4.79 Å². The Morgan fingerprint density at radius 3 is 2.78 bits per heavy atom. The zero-order chi connectivity index (χ0) is 13.4. The van der Waals surface area contributed by atoms with Crippen LogP contribution in [0.4, 0.5) is 0 Å². The van der Waals surface area contributed by atoms with Gasteiger partial charge < -0.3 is 10.1 Å². The third kappa shape index (κ3) is 5.21. The van der Waals surface area contributed by atoms with Gasteiger partial charge >= 0.3 is 0 Å². The summed E-state index contributed by atoms with van der Waals surface area (Å²) in [6, 6.07) is 6.13. The highest BCUT2D eigenvalue weighted by Crippen LogP contribution is 2.18. The Bertz CT molecular complexity index is 388. The molecule has 18 heavy (non-hydrogen) atoms. The maximum Gasteiger partial charge on any atom is 0.220 e. The van der Waals surface area contributed by atoms with Crippen LogP contribution in [0.25, 0.3) is 0 Å². The minimum Gasteiger partial charge on any atom is -0.493 e. The monoisotopic (exact) mass is 249 g/mol. The van der Waals surface area contributed by atoms with E-state index in [0.29, 0.717) is 13.0 Å². The van der Waals surface area contributed by atoms with Crippen LogP contribution in [0, 0.1) is 13.8 Å². The van der Waals surface area contributed by atoms with Crippen molar-refractivity contribution in [3.05, 3.63) is 29.3 Å². The molecule has 0 saturated heterocycles. The predicted molar refractivity (Wildman–Crippen MR) is 73.9 cm³/mol. The summed E-state index contributed by atoms with van der Waals surface area (Å²) in [4.78, 5) is 11.4. The Balaban J connectivity index is 2.23. The molecule has 0 atom stereocenters. The molecule has 3 heteroatoms. The van der Waals surface area contributed by atoms with Gasteiger partial charge in [0.25, 0.3) is 0 Å². The first-order valence-electron chi connectivity index (χ1n) is 6.60. The van der Waals surface area contributed by atoms with Crippen molar-refractivity contribution in [2.45, 2.75) is 40.0 Å². The molecule has 1 N–H and O–H groups in total. The van der Waals surface area contributed by atoms with E-state index in [-0.39, 0.29) is 5.91 Å². The van der Waals surface area contributed by atoms with Gasteiger partial charge in [0.2, 0.25) is 5.91 Å². The van der Waals surface area contributed by atoms with E-state index in [1.54, 1.807) is 0 Å². The summed E-state index contributed by atoms with van der Waals surface area (Å²) in [5, 5.41) is 2.86. The van der Waals surface area contributed by atoms with Gasteiger partial charge in [0.15, 0.2) is 0 Å². The quantitative estimate of drug-likeness (QED) is 0.754. The van der Waals surface area contributed by atoms with Crippen LogP contribution in [0.15, 0.2) is 18.2 Å². The average molecular weight is 249 g/mol. The first-order chi connectivity index (χ1) is 8.63. The van der Waals surface area contributed by atoms with Crippen LogP contribution in [-0.4, -0.2) is 19.1 Å². The van der Waals surface area contributed by atoms with E-state index in [4.69, 9.17) is 4.74 Å². The second-order valence-corrected chi connectivity index (χ2v) is 4.57. The summed E-state index contributed by atoms with van der Waals surface area (Å²) in [6.07, 6.45) is 2.26. The van der Waals surface area contributed by atoms with Gasteiger partial charge in [-0.1, -0.05) is 24.6 Å². The molecule has 0 bridgehead atoms. The zero-order valence-electron chi connectivity index (χ0n) is 11.6. The Labute approximate surface area is 110 Å². The molecule has 1 aromatic carbocycles. The largest absolute Gasteiger partial charge is 0.493 e. The lowest BCUT2D eigenvalue weighted by Gasteiger charge is -2.09. The standard InChI is InChI=1S/C15H23NO2/c1-4-9-16-15(17)6-5-10-18-14-8-7-12(2)11-13(14)3/h7-8,11H,4-6,9-10H2,1-3H3,(H,16,17). The highest BCUT2D eigenvalue weighted by Gasteiger charge is 2.02. The molecular weight excluding hydrogens is 226 g/mol. The van der Waals surface area contributed by atoms with Crippen LogP contribution in [0.1, 0.15) is 37.3 Å². The number of aryl methyl sites for hydroxylation is 2. The van der Waals surface area contributed by atoms with E-state index >= 15 is 0 Å². The Morgan fingerprint density at radius 2 is 2.11 bits per heavy atom.